The largest absolute Gasteiger partial charge is 0.224 e. The van der Waals surface area contributed by atoms with Gasteiger partial charge in [-0.1, -0.05) is 155 Å². The molecule has 1 heterocycles. The lowest BCUT2D eigenvalue weighted by Gasteiger charge is -2.36. The molecule has 0 unspecified atom stereocenters. The molecule has 0 saturated carbocycles. The lowest BCUT2D eigenvalue weighted by molar-refractivity contribution is 0.460. The van der Waals surface area contributed by atoms with E-state index in [2.05, 4.69) is 165 Å². The number of hydrogen-bond acceptors (Lipinski definition) is 3. The second kappa shape index (κ2) is 11.2. The molecular weight excluding hydrogens is 544 g/mol. The number of benzene rings is 5. The number of alkyl halides is 1. The van der Waals surface area contributed by atoms with Crippen LogP contribution in [0.2, 0.25) is 0 Å². The van der Waals surface area contributed by atoms with Gasteiger partial charge >= 0.3 is 0 Å². The van der Waals surface area contributed by atoms with E-state index in [9.17, 15) is 0 Å². The molecule has 6 aromatic rings. The van der Waals surface area contributed by atoms with E-state index in [0.29, 0.717) is 6.54 Å². The molecule has 0 bridgehead atoms. The van der Waals surface area contributed by atoms with Crippen LogP contribution in [0.1, 0.15) is 22.3 Å². The highest BCUT2D eigenvalue weighted by atomic mass is 79.9. The highest BCUT2D eigenvalue weighted by molar-refractivity contribution is 9.08. The van der Waals surface area contributed by atoms with E-state index in [1.54, 1.807) is 0 Å². The second-order valence-electron chi connectivity index (χ2n) is 9.54. The molecule has 0 amide bonds. The Balaban J connectivity index is 1.53. The quantitative estimate of drug-likeness (QED) is 0.138. The summed E-state index contributed by atoms with van der Waals surface area (Å²) in [5.74, 6) is 0.738. The van der Waals surface area contributed by atoms with Crippen LogP contribution >= 0.6 is 15.9 Å². The normalized spacial score (nSPS) is 11.4. The summed E-state index contributed by atoms with van der Waals surface area (Å²) in [5.41, 5.74) is 7.49. The first-order chi connectivity index (χ1) is 19.3. The minimum Gasteiger partial charge on any atom is -0.224 e. The van der Waals surface area contributed by atoms with Gasteiger partial charge in [0.15, 0.2) is 5.82 Å². The Morgan fingerprint density at radius 1 is 0.564 bits per heavy atom. The van der Waals surface area contributed by atoms with E-state index in [1.807, 2.05) is 10.7 Å². The molecule has 0 fully saturated rings. The van der Waals surface area contributed by atoms with Gasteiger partial charge in [0.05, 0.1) is 12.0 Å². The fourth-order valence-corrected chi connectivity index (χ4v) is 5.75. The molecule has 0 atom stereocenters. The van der Waals surface area contributed by atoms with Gasteiger partial charge in [0, 0.05) is 10.9 Å². The van der Waals surface area contributed by atoms with E-state index in [1.165, 1.54) is 22.3 Å². The van der Waals surface area contributed by atoms with Gasteiger partial charge in [0.2, 0.25) is 0 Å². The van der Waals surface area contributed by atoms with Crippen molar-refractivity contribution in [2.75, 3.05) is 0 Å². The SMILES string of the molecule is BrCc1ccc(-c2ccccc2-c2nnnn2CC(c2ccccc2)(c2ccccc2)c2ccccc2)cc1. The molecule has 0 spiro atoms. The number of nitrogens with zero attached hydrogens (tertiary/aromatic N) is 4. The minimum atomic E-state index is -0.514. The molecule has 0 N–H and O–H groups in total. The van der Waals surface area contributed by atoms with E-state index >= 15 is 0 Å². The molecule has 5 heteroatoms. The Hall–Kier alpha value is -4.35. The van der Waals surface area contributed by atoms with Crippen molar-refractivity contribution in [1.82, 2.24) is 20.2 Å². The minimum absolute atomic E-state index is 0.514. The van der Waals surface area contributed by atoms with E-state index in [-0.39, 0.29) is 0 Å². The van der Waals surface area contributed by atoms with Crippen molar-refractivity contribution in [3.63, 3.8) is 0 Å². The van der Waals surface area contributed by atoms with Crippen LogP contribution in [0.5, 0.6) is 0 Å². The summed E-state index contributed by atoms with van der Waals surface area (Å²) in [6.07, 6.45) is 0. The third-order valence-corrected chi connectivity index (χ3v) is 7.95. The molecule has 1 aromatic heterocycles. The van der Waals surface area contributed by atoms with Crippen molar-refractivity contribution in [2.45, 2.75) is 17.3 Å². The van der Waals surface area contributed by atoms with Crippen LogP contribution in [0, 0.1) is 0 Å². The predicted molar refractivity (Wildman–Crippen MR) is 161 cm³/mol. The van der Waals surface area contributed by atoms with Crippen molar-refractivity contribution >= 4 is 15.9 Å². The number of rotatable bonds is 8. The van der Waals surface area contributed by atoms with Crippen LogP contribution in [0.3, 0.4) is 0 Å². The van der Waals surface area contributed by atoms with Gasteiger partial charge in [-0.2, -0.15) is 0 Å². The maximum Gasteiger partial charge on any atom is 0.182 e. The molecule has 0 saturated heterocycles. The highest BCUT2D eigenvalue weighted by Crippen LogP contribution is 2.42. The van der Waals surface area contributed by atoms with Crippen molar-refractivity contribution in [3.8, 4) is 22.5 Å². The van der Waals surface area contributed by atoms with Gasteiger partial charge in [-0.3, -0.25) is 0 Å². The van der Waals surface area contributed by atoms with Crippen molar-refractivity contribution in [2.24, 2.45) is 0 Å². The molecule has 39 heavy (non-hydrogen) atoms. The van der Waals surface area contributed by atoms with Crippen LogP contribution < -0.4 is 0 Å². The van der Waals surface area contributed by atoms with Gasteiger partial charge in [-0.05, 0) is 43.8 Å². The zero-order chi connectivity index (χ0) is 26.5. The zero-order valence-electron chi connectivity index (χ0n) is 21.4. The highest BCUT2D eigenvalue weighted by Gasteiger charge is 2.38. The Morgan fingerprint density at radius 3 is 1.56 bits per heavy atom. The third-order valence-electron chi connectivity index (χ3n) is 7.31. The lowest BCUT2D eigenvalue weighted by Crippen LogP contribution is -2.35. The first-order valence-corrected chi connectivity index (χ1v) is 14.1. The standard InChI is InChI=1S/C34H27BrN4/c35-24-26-20-22-27(23-21-26)31-18-10-11-19-32(31)33-36-37-38-39(33)25-34(28-12-4-1-5-13-28,29-14-6-2-7-15-29)30-16-8-3-9-17-30/h1-23H,24-25H2. The van der Waals surface area contributed by atoms with Gasteiger partial charge in [-0.15, -0.1) is 5.10 Å². The summed E-state index contributed by atoms with van der Waals surface area (Å²) in [4.78, 5) is 0. The summed E-state index contributed by atoms with van der Waals surface area (Å²) >= 11 is 3.55. The lowest BCUT2D eigenvalue weighted by atomic mass is 9.69. The van der Waals surface area contributed by atoms with Gasteiger partial charge in [-0.25, -0.2) is 4.68 Å². The number of hydrogen-bond donors (Lipinski definition) is 0. The topological polar surface area (TPSA) is 43.6 Å². The molecule has 190 valence electrons. The summed E-state index contributed by atoms with van der Waals surface area (Å²) in [7, 11) is 0. The predicted octanol–water partition coefficient (Wildman–Crippen LogP) is 7.94. The smallest absolute Gasteiger partial charge is 0.182 e. The number of halogens is 1. The summed E-state index contributed by atoms with van der Waals surface area (Å²) < 4.78 is 1.96. The Kier molecular flexibility index (Phi) is 7.15. The van der Waals surface area contributed by atoms with Gasteiger partial charge < -0.3 is 0 Å². The Morgan fingerprint density at radius 2 is 1.05 bits per heavy atom. The molecular formula is C34H27BrN4. The van der Waals surface area contributed by atoms with Crippen molar-refractivity contribution in [3.05, 3.63) is 162 Å². The molecule has 0 aliphatic rings. The maximum atomic E-state index is 4.57. The van der Waals surface area contributed by atoms with Crippen LogP contribution in [-0.4, -0.2) is 20.2 Å². The monoisotopic (exact) mass is 570 g/mol. The maximum absolute atomic E-state index is 4.57. The molecule has 6 rings (SSSR count). The average molecular weight is 572 g/mol. The summed E-state index contributed by atoms with van der Waals surface area (Å²) in [6.45, 7) is 0.532. The van der Waals surface area contributed by atoms with Gasteiger partial charge in [0.1, 0.15) is 0 Å². The van der Waals surface area contributed by atoms with E-state index < -0.39 is 5.41 Å². The first kappa shape index (κ1) is 25.0. The molecule has 0 aliphatic heterocycles. The Labute approximate surface area is 237 Å². The van der Waals surface area contributed by atoms with E-state index in [4.69, 9.17) is 0 Å². The Bertz CT molecular complexity index is 1550. The third kappa shape index (κ3) is 4.82. The summed E-state index contributed by atoms with van der Waals surface area (Å²) in [5, 5.41) is 14.1. The number of tetrazole rings is 1. The van der Waals surface area contributed by atoms with Crippen LogP contribution in [0.25, 0.3) is 22.5 Å². The first-order valence-electron chi connectivity index (χ1n) is 13.0. The van der Waals surface area contributed by atoms with Crippen LogP contribution in [-0.2, 0) is 17.3 Å². The van der Waals surface area contributed by atoms with E-state index in [0.717, 1.165) is 27.8 Å². The fourth-order valence-electron chi connectivity index (χ4n) is 5.37. The van der Waals surface area contributed by atoms with Crippen LogP contribution in [0.4, 0.5) is 0 Å². The van der Waals surface area contributed by atoms with Crippen molar-refractivity contribution < 1.29 is 0 Å². The molecule has 5 aromatic carbocycles. The zero-order valence-corrected chi connectivity index (χ0v) is 22.9. The summed E-state index contributed by atoms with van der Waals surface area (Å²) in [6, 6.07) is 48.9. The fraction of sp³-hybridized carbons (Fsp3) is 0.0882. The average Bonchev–Trinajstić information content (AvgIpc) is 3.49. The molecule has 0 aliphatic carbocycles. The number of aromatic nitrogens is 4. The molecule has 4 nitrogen and oxygen atoms in total. The molecule has 0 radical (unpaired) electrons. The van der Waals surface area contributed by atoms with Crippen molar-refractivity contribution in [1.29, 1.82) is 0 Å². The second-order valence-corrected chi connectivity index (χ2v) is 10.1. The van der Waals surface area contributed by atoms with Gasteiger partial charge in [0.25, 0.3) is 0 Å². The van der Waals surface area contributed by atoms with Crippen LogP contribution in [0.15, 0.2) is 140 Å².